The first-order chi connectivity index (χ1) is 16.9. The predicted octanol–water partition coefficient (Wildman–Crippen LogP) is 3.42. The van der Waals surface area contributed by atoms with Crippen molar-refractivity contribution in [3.05, 3.63) is 64.7 Å². The Bertz CT molecular complexity index is 1220. The van der Waals surface area contributed by atoms with Crippen LogP contribution < -0.4 is 4.74 Å². The summed E-state index contributed by atoms with van der Waals surface area (Å²) < 4.78 is 43.1. The number of amides is 3. The molecule has 0 radical (unpaired) electrons. The van der Waals surface area contributed by atoms with Gasteiger partial charge in [-0.1, -0.05) is 23.4 Å². The Labute approximate surface area is 205 Å². The van der Waals surface area contributed by atoms with Gasteiger partial charge in [-0.2, -0.15) is 13.2 Å². The molecule has 0 aromatic heterocycles. The zero-order valence-electron chi connectivity index (χ0n) is 19.9. The molecule has 2 aromatic rings. The molecular formula is C25H24F3N3O5. The third kappa shape index (κ3) is 5.05. The van der Waals surface area contributed by atoms with Crippen LogP contribution in [0.15, 0.2) is 47.6 Å². The molecule has 1 saturated heterocycles. The second-order valence-electron chi connectivity index (χ2n) is 8.95. The second kappa shape index (κ2) is 9.29. The third-order valence-corrected chi connectivity index (χ3v) is 6.23. The number of methoxy groups -OCH3 is 1. The number of imide groups is 1. The van der Waals surface area contributed by atoms with Crippen molar-refractivity contribution in [1.29, 1.82) is 0 Å². The van der Waals surface area contributed by atoms with Crippen molar-refractivity contribution < 1.29 is 37.1 Å². The van der Waals surface area contributed by atoms with E-state index in [0.29, 0.717) is 17.7 Å². The lowest BCUT2D eigenvalue weighted by Crippen LogP contribution is -2.57. The van der Waals surface area contributed by atoms with Crippen LogP contribution in [0.5, 0.6) is 5.75 Å². The number of benzene rings is 2. The lowest BCUT2D eigenvalue weighted by molar-refractivity contribution is -0.174. The Morgan fingerprint density at radius 1 is 1.11 bits per heavy atom. The van der Waals surface area contributed by atoms with E-state index in [0.717, 1.165) is 21.8 Å². The largest absolute Gasteiger partial charge is 0.497 e. The summed E-state index contributed by atoms with van der Waals surface area (Å²) in [6, 6.07) is 12.5. The molecule has 0 spiro atoms. The molecule has 2 heterocycles. The standard InChI is InChI=1S/C25H24F3N3O5/c1-15-10-16(20-11-24(2,36-29-20)17-5-7-18(35-3)8-6-17)4-9-19(15)23(34)30-12-21(32)31(22(33)13-30)14-25(26,27)28/h4-10H,11-14H2,1-3H3. The van der Waals surface area contributed by atoms with Gasteiger partial charge in [-0.05, 0) is 54.8 Å². The summed E-state index contributed by atoms with van der Waals surface area (Å²) in [5.41, 5.74) is 2.47. The molecule has 4 rings (SSSR count). The van der Waals surface area contributed by atoms with Gasteiger partial charge in [0.05, 0.1) is 12.8 Å². The molecule has 36 heavy (non-hydrogen) atoms. The van der Waals surface area contributed by atoms with Crippen molar-refractivity contribution in [3.63, 3.8) is 0 Å². The first kappa shape index (κ1) is 25.2. The van der Waals surface area contributed by atoms with Crippen molar-refractivity contribution in [3.8, 4) is 5.75 Å². The summed E-state index contributed by atoms with van der Waals surface area (Å²) in [7, 11) is 1.59. The number of hydrogen-bond acceptors (Lipinski definition) is 6. The van der Waals surface area contributed by atoms with Gasteiger partial charge in [-0.3, -0.25) is 19.3 Å². The number of aryl methyl sites for hydroxylation is 1. The van der Waals surface area contributed by atoms with Crippen LogP contribution in [0.25, 0.3) is 0 Å². The molecule has 2 aromatic carbocycles. The molecule has 2 aliphatic heterocycles. The normalized spacial score (nSPS) is 20.3. The van der Waals surface area contributed by atoms with E-state index in [4.69, 9.17) is 9.57 Å². The van der Waals surface area contributed by atoms with E-state index in [-0.39, 0.29) is 10.5 Å². The Morgan fingerprint density at radius 3 is 2.31 bits per heavy atom. The molecule has 0 bridgehead atoms. The number of halogens is 3. The number of piperazine rings is 1. The van der Waals surface area contributed by atoms with Gasteiger partial charge in [0, 0.05) is 12.0 Å². The Hall–Kier alpha value is -3.89. The van der Waals surface area contributed by atoms with Gasteiger partial charge in [0.2, 0.25) is 11.8 Å². The number of nitrogens with zero attached hydrogens (tertiary/aromatic N) is 3. The van der Waals surface area contributed by atoms with Gasteiger partial charge < -0.3 is 14.5 Å². The van der Waals surface area contributed by atoms with Crippen LogP contribution in [0.2, 0.25) is 0 Å². The average Bonchev–Trinajstić information content (AvgIpc) is 3.23. The minimum absolute atomic E-state index is 0.137. The molecule has 0 aliphatic carbocycles. The number of ether oxygens (including phenoxy) is 1. The molecule has 0 saturated carbocycles. The van der Waals surface area contributed by atoms with Crippen LogP contribution in [-0.2, 0) is 20.0 Å². The molecule has 1 unspecified atom stereocenters. The molecule has 8 nitrogen and oxygen atoms in total. The maximum atomic E-state index is 13.0. The van der Waals surface area contributed by atoms with E-state index in [1.54, 1.807) is 32.2 Å². The summed E-state index contributed by atoms with van der Waals surface area (Å²) in [6.45, 7) is 0.729. The van der Waals surface area contributed by atoms with Crippen LogP contribution in [0.3, 0.4) is 0 Å². The topological polar surface area (TPSA) is 88.5 Å². The van der Waals surface area contributed by atoms with E-state index < -0.39 is 49.1 Å². The monoisotopic (exact) mass is 503 g/mol. The van der Waals surface area contributed by atoms with Gasteiger partial charge in [0.1, 0.15) is 25.4 Å². The van der Waals surface area contributed by atoms with Crippen LogP contribution >= 0.6 is 0 Å². The van der Waals surface area contributed by atoms with E-state index in [1.165, 1.54) is 0 Å². The van der Waals surface area contributed by atoms with Crippen molar-refractivity contribution in [2.75, 3.05) is 26.7 Å². The minimum Gasteiger partial charge on any atom is -0.497 e. The predicted molar refractivity (Wildman–Crippen MR) is 122 cm³/mol. The van der Waals surface area contributed by atoms with E-state index in [1.807, 2.05) is 31.2 Å². The van der Waals surface area contributed by atoms with Crippen LogP contribution in [-0.4, -0.2) is 66.2 Å². The van der Waals surface area contributed by atoms with Crippen LogP contribution in [0.1, 0.15) is 40.4 Å². The van der Waals surface area contributed by atoms with E-state index in [2.05, 4.69) is 5.16 Å². The van der Waals surface area contributed by atoms with Gasteiger partial charge in [0.25, 0.3) is 5.91 Å². The van der Waals surface area contributed by atoms with E-state index in [9.17, 15) is 27.6 Å². The molecule has 1 atom stereocenters. The highest BCUT2D eigenvalue weighted by molar-refractivity contribution is 6.07. The fourth-order valence-corrected chi connectivity index (χ4v) is 4.24. The third-order valence-electron chi connectivity index (χ3n) is 6.23. The molecule has 0 N–H and O–H groups in total. The molecule has 11 heteroatoms. The Kier molecular flexibility index (Phi) is 6.50. The second-order valence-corrected chi connectivity index (χ2v) is 8.95. The maximum Gasteiger partial charge on any atom is 0.406 e. The summed E-state index contributed by atoms with van der Waals surface area (Å²) in [4.78, 5) is 44.1. The van der Waals surface area contributed by atoms with Crippen molar-refractivity contribution in [2.45, 2.75) is 32.0 Å². The van der Waals surface area contributed by atoms with E-state index >= 15 is 0 Å². The molecule has 1 fully saturated rings. The average molecular weight is 503 g/mol. The first-order valence-corrected chi connectivity index (χ1v) is 11.1. The van der Waals surface area contributed by atoms with Gasteiger partial charge >= 0.3 is 6.18 Å². The molecular weight excluding hydrogens is 479 g/mol. The van der Waals surface area contributed by atoms with Crippen LogP contribution in [0.4, 0.5) is 13.2 Å². The van der Waals surface area contributed by atoms with Gasteiger partial charge in [-0.25, -0.2) is 0 Å². The highest BCUT2D eigenvalue weighted by Gasteiger charge is 2.41. The lowest BCUT2D eigenvalue weighted by atomic mass is 9.88. The highest BCUT2D eigenvalue weighted by atomic mass is 19.4. The summed E-state index contributed by atoms with van der Waals surface area (Å²) in [6.07, 6.45) is -4.23. The lowest BCUT2D eigenvalue weighted by Gasteiger charge is -2.33. The zero-order valence-corrected chi connectivity index (χ0v) is 19.9. The first-order valence-electron chi connectivity index (χ1n) is 11.1. The van der Waals surface area contributed by atoms with Crippen molar-refractivity contribution in [1.82, 2.24) is 9.80 Å². The maximum absolute atomic E-state index is 13.0. The quantitative estimate of drug-likeness (QED) is 0.584. The summed E-state index contributed by atoms with van der Waals surface area (Å²) >= 11 is 0. The Balaban J connectivity index is 1.46. The van der Waals surface area contributed by atoms with Gasteiger partial charge in [0.15, 0.2) is 5.60 Å². The highest BCUT2D eigenvalue weighted by Crippen LogP contribution is 2.37. The van der Waals surface area contributed by atoms with Crippen molar-refractivity contribution >= 4 is 23.4 Å². The van der Waals surface area contributed by atoms with Crippen molar-refractivity contribution in [2.24, 2.45) is 5.16 Å². The number of alkyl halides is 3. The number of hydrogen-bond donors (Lipinski definition) is 0. The minimum atomic E-state index is -4.71. The zero-order chi connectivity index (χ0) is 26.3. The number of carbonyl (C=O) groups excluding carboxylic acids is 3. The fraction of sp³-hybridized carbons (Fsp3) is 0.360. The summed E-state index contributed by atoms with van der Waals surface area (Å²) in [5.74, 6) is -2.02. The summed E-state index contributed by atoms with van der Waals surface area (Å²) in [5, 5.41) is 4.24. The number of carbonyl (C=O) groups is 3. The number of rotatable bonds is 5. The van der Waals surface area contributed by atoms with Crippen LogP contribution in [0, 0.1) is 6.92 Å². The van der Waals surface area contributed by atoms with Gasteiger partial charge in [-0.15, -0.1) is 0 Å². The molecule has 3 amide bonds. The number of oxime groups is 1. The Morgan fingerprint density at radius 2 is 1.75 bits per heavy atom. The smallest absolute Gasteiger partial charge is 0.406 e. The SMILES string of the molecule is COc1ccc(C2(C)CC(c3ccc(C(=O)N4CC(=O)N(CC(F)(F)F)C(=O)C4)c(C)c3)=NO2)cc1. The fourth-order valence-electron chi connectivity index (χ4n) is 4.24. The molecule has 190 valence electrons. The molecule has 2 aliphatic rings.